The van der Waals surface area contributed by atoms with E-state index < -0.39 is 0 Å². The summed E-state index contributed by atoms with van der Waals surface area (Å²) in [4.78, 5) is 12.6. The van der Waals surface area contributed by atoms with Gasteiger partial charge in [0.2, 0.25) is 0 Å². The van der Waals surface area contributed by atoms with Gasteiger partial charge in [0.05, 0.1) is 11.3 Å². The van der Waals surface area contributed by atoms with Crippen LogP contribution in [0, 0.1) is 30.6 Å². The average molecular weight is 287 g/mol. The van der Waals surface area contributed by atoms with E-state index in [1.54, 1.807) is 0 Å². The van der Waals surface area contributed by atoms with Crippen LogP contribution in [0.2, 0.25) is 0 Å². The van der Waals surface area contributed by atoms with Crippen molar-refractivity contribution in [2.75, 3.05) is 0 Å². The molecule has 0 unspecified atom stereocenters. The standard InChI is InChI=1S/C17H25N3O/c1-3-20-9-15(10(2)19-20)17(21)18-16-13-5-11-4-12(7-13)8-14(16)6-11/h9,11-14,16H,3-8H2,1-2H3,(H,18,21). The van der Waals surface area contributed by atoms with E-state index in [1.165, 1.54) is 32.1 Å². The molecule has 0 aliphatic heterocycles. The van der Waals surface area contributed by atoms with Crippen molar-refractivity contribution in [2.45, 2.75) is 58.5 Å². The van der Waals surface area contributed by atoms with E-state index in [2.05, 4.69) is 10.4 Å². The van der Waals surface area contributed by atoms with E-state index in [0.717, 1.165) is 41.5 Å². The van der Waals surface area contributed by atoms with Crippen LogP contribution in [0.5, 0.6) is 0 Å². The molecule has 0 saturated heterocycles. The molecule has 4 nitrogen and oxygen atoms in total. The van der Waals surface area contributed by atoms with Gasteiger partial charge in [-0.15, -0.1) is 0 Å². The second kappa shape index (κ2) is 4.85. The zero-order valence-electron chi connectivity index (χ0n) is 13.0. The first-order valence-electron chi connectivity index (χ1n) is 8.49. The summed E-state index contributed by atoms with van der Waals surface area (Å²) in [6, 6.07) is 0.412. The molecule has 0 aromatic carbocycles. The van der Waals surface area contributed by atoms with Crippen LogP contribution in [0.25, 0.3) is 0 Å². The third-order valence-corrected chi connectivity index (χ3v) is 6.04. The van der Waals surface area contributed by atoms with Gasteiger partial charge in [-0.05, 0) is 69.6 Å². The number of carbonyl (C=O) groups is 1. The summed E-state index contributed by atoms with van der Waals surface area (Å²) in [5.74, 6) is 3.44. The van der Waals surface area contributed by atoms with Crippen LogP contribution >= 0.6 is 0 Å². The predicted octanol–water partition coefficient (Wildman–Crippen LogP) is 2.77. The van der Waals surface area contributed by atoms with Crippen molar-refractivity contribution in [1.29, 1.82) is 0 Å². The quantitative estimate of drug-likeness (QED) is 0.929. The molecule has 0 radical (unpaired) electrons. The molecule has 4 aliphatic rings. The number of nitrogens with zero attached hydrogens (tertiary/aromatic N) is 2. The molecule has 1 aromatic heterocycles. The molecule has 4 saturated carbocycles. The summed E-state index contributed by atoms with van der Waals surface area (Å²) in [7, 11) is 0. The van der Waals surface area contributed by atoms with E-state index in [1.807, 2.05) is 24.7 Å². The van der Waals surface area contributed by atoms with Gasteiger partial charge in [-0.3, -0.25) is 9.48 Å². The SMILES string of the molecule is CCn1cc(C(=O)NC2C3CC4CC(C3)CC2C4)c(C)n1. The first-order valence-corrected chi connectivity index (χ1v) is 8.49. The molecule has 4 bridgehead atoms. The second-order valence-electron chi connectivity index (χ2n) is 7.41. The van der Waals surface area contributed by atoms with Gasteiger partial charge in [-0.1, -0.05) is 0 Å². The van der Waals surface area contributed by atoms with Crippen LogP contribution in [0.3, 0.4) is 0 Å². The highest BCUT2D eigenvalue weighted by molar-refractivity contribution is 5.95. The monoisotopic (exact) mass is 287 g/mol. The summed E-state index contributed by atoms with van der Waals surface area (Å²) in [5.41, 5.74) is 1.60. The van der Waals surface area contributed by atoms with Crippen molar-refractivity contribution in [3.05, 3.63) is 17.5 Å². The number of hydrogen-bond acceptors (Lipinski definition) is 2. The highest BCUT2D eigenvalue weighted by atomic mass is 16.1. The maximum atomic E-state index is 12.6. The maximum Gasteiger partial charge on any atom is 0.254 e. The van der Waals surface area contributed by atoms with Crippen LogP contribution < -0.4 is 5.32 Å². The van der Waals surface area contributed by atoms with Crippen LogP contribution in [0.15, 0.2) is 6.20 Å². The zero-order chi connectivity index (χ0) is 14.6. The third-order valence-electron chi connectivity index (χ3n) is 6.04. The highest BCUT2D eigenvalue weighted by Crippen LogP contribution is 2.53. The van der Waals surface area contributed by atoms with E-state index in [0.29, 0.717) is 6.04 Å². The second-order valence-corrected chi connectivity index (χ2v) is 7.41. The molecule has 114 valence electrons. The minimum Gasteiger partial charge on any atom is -0.349 e. The summed E-state index contributed by atoms with van der Waals surface area (Å²) in [6.07, 6.45) is 8.70. The number of rotatable bonds is 3. The summed E-state index contributed by atoms with van der Waals surface area (Å²) in [5, 5.41) is 7.75. The van der Waals surface area contributed by atoms with Crippen LogP contribution in [-0.4, -0.2) is 21.7 Å². The Morgan fingerprint density at radius 2 is 1.86 bits per heavy atom. The lowest BCUT2D eigenvalue weighted by atomic mass is 9.54. The molecule has 1 heterocycles. The lowest BCUT2D eigenvalue weighted by Gasteiger charge is -2.54. The fourth-order valence-electron chi connectivity index (χ4n) is 5.29. The highest BCUT2D eigenvalue weighted by Gasteiger charge is 2.48. The largest absolute Gasteiger partial charge is 0.349 e. The number of aromatic nitrogens is 2. The van der Waals surface area contributed by atoms with E-state index in [-0.39, 0.29) is 5.91 Å². The fraction of sp³-hybridized carbons (Fsp3) is 0.765. The van der Waals surface area contributed by atoms with E-state index in [9.17, 15) is 4.79 Å². The van der Waals surface area contributed by atoms with Gasteiger partial charge < -0.3 is 5.32 Å². The molecule has 1 N–H and O–H groups in total. The van der Waals surface area contributed by atoms with Crippen LogP contribution in [0.1, 0.15) is 55.1 Å². The Kier molecular flexibility index (Phi) is 3.09. The zero-order valence-corrected chi connectivity index (χ0v) is 13.0. The Balaban J connectivity index is 1.50. The van der Waals surface area contributed by atoms with Crippen LogP contribution in [0.4, 0.5) is 0 Å². The molecule has 5 rings (SSSR count). The molecule has 0 spiro atoms. The van der Waals surface area contributed by atoms with Gasteiger partial charge >= 0.3 is 0 Å². The summed E-state index contributed by atoms with van der Waals surface area (Å²) >= 11 is 0. The topological polar surface area (TPSA) is 46.9 Å². The average Bonchev–Trinajstić information content (AvgIpc) is 2.83. The van der Waals surface area contributed by atoms with Crippen molar-refractivity contribution < 1.29 is 4.79 Å². The Morgan fingerprint density at radius 3 is 2.38 bits per heavy atom. The number of carbonyl (C=O) groups excluding carboxylic acids is 1. The van der Waals surface area contributed by atoms with E-state index in [4.69, 9.17) is 0 Å². The third kappa shape index (κ3) is 2.19. The van der Waals surface area contributed by atoms with Crippen LogP contribution in [-0.2, 0) is 6.54 Å². The van der Waals surface area contributed by atoms with Gasteiger partial charge in [-0.2, -0.15) is 5.10 Å². The molecule has 1 amide bonds. The Labute approximate surface area is 126 Å². The molecule has 4 fully saturated rings. The maximum absolute atomic E-state index is 12.6. The summed E-state index contributed by atoms with van der Waals surface area (Å²) in [6.45, 7) is 4.79. The van der Waals surface area contributed by atoms with Gasteiger partial charge in [-0.25, -0.2) is 0 Å². The lowest BCUT2D eigenvalue weighted by molar-refractivity contribution is -0.0119. The fourth-order valence-corrected chi connectivity index (χ4v) is 5.29. The van der Waals surface area contributed by atoms with Crippen molar-refractivity contribution in [3.63, 3.8) is 0 Å². The number of hydrogen-bond donors (Lipinski definition) is 1. The van der Waals surface area contributed by atoms with Gasteiger partial charge in [0.15, 0.2) is 0 Å². The molecular formula is C17H25N3O. The first-order chi connectivity index (χ1) is 10.1. The first kappa shape index (κ1) is 13.4. The van der Waals surface area contributed by atoms with Crippen molar-refractivity contribution >= 4 is 5.91 Å². The molecule has 1 aromatic rings. The predicted molar refractivity (Wildman–Crippen MR) is 80.9 cm³/mol. The van der Waals surface area contributed by atoms with Gasteiger partial charge in [0, 0.05) is 18.8 Å². The number of amides is 1. The number of aryl methyl sites for hydroxylation is 2. The molecular weight excluding hydrogens is 262 g/mol. The van der Waals surface area contributed by atoms with Crippen molar-refractivity contribution in [1.82, 2.24) is 15.1 Å². The minimum atomic E-state index is 0.0877. The summed E-state index contributed by atoms with van der Waals surface area (Å²) < 4.78 is 1.85. The molecule has 21 heavy (non-hydrogen) atoms. The molecule has 4 aliphatic carbocycles. The smallest absolute Gasteiger partial charge is 0.254 e. The molecule has 0 atom stereocenters. The minimum absolute atomic E-state index is 0.0877. The van der Waals surface area contributed by atoms with Gasteiger partial charge in [0.1, 0.15) is 0 Å². The Morgan fingerprint density at radius 1 is 1.24 bits per heavy atom. The lowest BCUT2D eigenvalue weighted by Crippen LogP contribution is -2.55. The van der Waals surface area contributed by atoms with Gasteiger partial charge in [0.25, 0.3) is 5.91 Å². The van der Waals surface area contributed by atoms with Crippen molar-refractivity contribution in [3.8, 4) is 0 Å². The van der Waals surface area contributed by atoms with Crippen molar-refractivity contribution in [2.24, 2.45) is 23.7 Å². The Hall–Kier alpha value is -1.32. The normalized spacial score (nSPS) is 37.0. The number of nitrogens with one attached hydrogen (secondary N) is 1. The Bertz CT molecular complexity index is 534. The van der Waals surface area contributed by atoms with E-state index >= 15 is 0 Å². The molecule has 4 heteroatoms.